The average molecular weight is 738 g/mol. The van der Waals surface area contributed by atoms with Gasteiger partial charge in [-0.05, 0) is 75.8 Å². The zero-order chi connectivity index (χ0) is 38.1. The van der Waals surface area contributed by atoms with E-state index in [1.807, 2.05) is 0 Å². The zero-order valence-electron chi connectivity index (χ0n) is 28.9. The summed E-state index contributed by atoms with van der Waals surface area (Å²) >= 11 is 6.16. The Bertz CT molecular complexity index is 1780. The number of alkyl halides is 2. The van der Waals surface area contributed by atoms with Crippen molar-refractivity contribution in [3.8, 4) is 0 Å². The van der Waals surface area contributed by atoms with E-state index in [1.54, 1.807) is 41.5 Å². The van der Waals surface area contributed by atoms with Crippen LogP contribution >= 0.6 is 11.6 Å². The molecule has 0 fully saturated rings. The van der Waals surface area contributed by atoms with Crippen LogP contribution in [-0.2, 0) is 37.9 Å². The molecule has 0 radical (unpaired) electrons. The Labute approximate surface area is 297 Å². The Kier molecular flexibility index (Phi) is 13.4. The second-order valence-electron chi connectivity index (χ2n) is 13.4. The fraction of sp³-hybridized carbons (Fsp3) is 0.400. The zero-order valence-corrected chi connectivity index (χ0v) is 29.7. The molecular formula is C35H40ClF4N5O6. The lowest BCUT2D eigenvalue weighted by molar-refractivity contribution is -0.120. The summed E-state index contributed by atoms with van der Waals surface area (Å²) in [6, 6.07) is 10.2. The lowest BCUT2D eigenvalue weighted by Crippen LogP contribution is -2.47. The van der Waals surface area contributed by atoms with Gasteiger partial charge in [-0.3, -0.25) is 15.4 Å². The smallest absolute Gasteiger partial charge is 0.414 e. The van der Waals surface area contributed by atoms with Gasteiger partial charge in [0.25, 0.3) is 11.9 Å². The third-order valence-electron chi connectivity index (χ3n) is 6.62. The second kappa shape index (κ2) is 16.9. The van der Waals surface area contributed by atoms with Gasteiger partial charge in [-0.2, -0.15) is 0 Å². The molecule has 0 heterocycles. The number of rotatable bonds is 11. The summed E-state index contributed by atoms with van der Waals surface area (Å²) in [4.78, 5) is 42.1. The van der Waals surface area contributed by atoms with Gasteiger partial charge in [0.2, 0.25) is 5.91 Å². The van der Waals surface area contributed by atoms with Gasteiger partial charge in [-0.1, -0.05) is 41.9 Å². The number of fused-ring (bicyclic) bond motifs is 1. The summed E-state index contributed by atoms with van der Waals surface area (Å²) in [6.07, 6.45) is -3.96. The minimum absolute atomic E-state index is 0.00819. The molecule has 0 saturated carbocycles. The van der Waals surface area contributed by atoms with Gasteiger partial charge in [-0.25, -0.2) is 27.2 Å². The van der Waals surface area contributed by atoms with Crippen LogP contribution in [0.25, 0.3) is 10.8 Å². The van der Waals surface area contributed by atoms with E-state index >= 15 is 13.2 Å². The summed E-state index contributed by atoms with van der Waals surface area (Å²) in [6.45, 7) is 9.37. The number of guanidine groups is 1. The SMILES string of the molecule is CC(C)(C)OC(=O)NC(=NOCCNC(=O)Cc1c(Cl)ccc(CC(=N)CC(F)(F)c2ccc(F)c3ccccc23)c1F)NC(=O)OC(C)(C)C. The molecule has 3 amide bonds. The fourth-order valence-corrected chi connectivity index (χ4v) is 4.84. The molecule has 0 spiro atoms. The Morgan fingerprint density at radius 1 is 0.843 bits per heavy atom. The molecule has 3 rings (SSSR count). The van der Waals surface area contributed by atoms with E-state index in [4.69, 9.17) is 31.3 Å². The highest BCUT2D eigenvalue weighted by Crippen LogP contribution is 2.38. The van der Waals surface area contributed by atoms with Crippen molar-refractivity contribution >= 4 is 52.1 Å². The number of nitrogens with one attached hydrogen (secondary N) is 4. The summed E-state index contributed by atoms with van der Waals surface area (Å²) < 4.78 is 70.6. The molecule has 0 aliphatic heterocycles. The number of benzene rings is 3. The first-order valence-electron chi connectivity index (χ1n) is 15.7. The van der Waals surface area contributed by atoms with Crippen LogP contribution in [-0.4, -0.2) is 54.1 Å². The van der Waals surface area contributed by atoms with Gasteiger partial charge in [0.05, 0.1) is 19.4 Å². The predicted molar refractivity (Wildman–Crippen MR) is 184 cm³/mol. The number of ether oxygens (including phenoxy) is 2. The standard InChI is InChI=1S/C35H40ClF4N5O6/c1-33(2,3)50-31(47)43-30(44-32(48)51-34(4,5)6)45-49-16-15-42-28(46)18-24-26(36)13-11-20(29(24)38)17-21(41)19-35(39,40)25-12-14-27(37)23-10-8-7-9-22(23)25/h7-14,41H,15-19H2,1-6H3,(H,42,46)(H2,43,44,45,47,48). The molecule has 3 aromatic carbocycles. The van der Waals surface area contributed by atoms with E-state index in [9.17, 15) is 18.8 Å². The molecule has 0 atom stereocenters. The molecule has 0 aliphatic carbocycles. The fourth-order valence-electron chi connectivity index (χ4n) is 4.63. The predicted octanol–water partition coefficient (Wildman–Crippen LogP) is 7.51. The van der Waals surface area contributed by atoms with Crippen LogP contribution in [0.4, 0.5) is 27.2 Å². The van der Waals surface area contributed by atoms with Crippen molar-refractivity contribution in [2.45, 2.75) is 77.9 Å². The molecule has 0 bridgehead atoms. The first-order chi connectivity index (χ1) is 23.6. The number of hydrogen-bond acceptors (Lipinski definition) is 8. The molecule has 51 heavy (non-hydrogen) atoms. The van der Waals surface area contributed by atoms with E-state index < -0.39 is 83.3 Å². The molecule has 276 valence electrons. The molecule has 0 saturated heterocycles. The highest BCUT2D eigenvalue weighted by atomic mass is 35.5. The quantitative estimate of drug-likeness (QED) is 0.0526. The van der Waals surface area contributed by atoms with Gasteiger partial charge in [0.1, 0.15) is 29.4 Å². The lowest BCUT2D eigenvalue weighted by atomic mass is 9.93. The van der Waals surface area contributed by atoms with Gasteiger partial charge >= 0.3 is 12.2 Å². The van der Waals surface area contributed by atoms with Gasteiger partial charge in [0.15, 0.2) is 0 Å². The number of nitrogens with zero attached hydrogens (tertiary/aromatic N) is 1. The van der Waals surface area contributed by atoms with Crippen molar-refractivity contribution in [3.05, 3.63) is 81.9 Å². The van der Waals surface area contributed by atoms with Crippen molar-refractivity contribution in [3.63, 3.8) is 0 Å². The van der Waals surface area contributed by atoms with Crippen molar-refractivity contribution in [1.82, 2.24) is 16.0 Å². The summed E-state index contributed by atoms with van der Waals surface area (Å²) in [5.41, 5.74) is -2.99. The molecule has 0 aliphatic rings. The number of alkyl carbamates (subject to hydrolysis) is 2. The van der Waals surface area contributed by atoms with Crippen LogP contribution in [0.15, 0.2) is 53.7 Å². The minimum atomic E-state index is -3.56. The third-order valence-corrected chi connectivity index (χ3v) is 6.97. The third kappa shape index (κ3) is 12.7. The first-order valence-corrected chi connectivity index (χ1v) is 16.1. The number of hydrogen-bond donors (Lipinski definition) is 4. The van der Waals surface area contributed by atoms with Crippen LogP contribution in [0, 0.1) is 17.0 Å². The second-order valence-corrected chi connectivity index (χ2v) is 13.8. The summed E-state index contributed by atoms with van der Waals surface area (Å²) in [7, 11) is 0. The lowest BCUT2D eigenvalue weighted by Gasteiger charge is -2.21. The maximum absolute atomic E-state index is 15.5. The van der Waals surface area contributed by atoms with E-state index in [-0.39, 0.29) is 40.1 Å². The normalized spacial score (nSPS) is 11.7. The Balaban J connectivity index is 1.60. The van der Waals surface area contributed by atoms with Crippen LogP contribution in [0.3, 0.4) is 0 Å². The van der Waals surface area contributed by atoms with Crippen molar-refractivity contribution in [2.24, 2.45) is 5.16 Å². The Morgan fingerprint density at radius 3 is 2.02 bits per heavy atom. The van der Waals surface area contributed by atoms with Gasteiger partial charge in [-0.15, -0.1) is 0 Å². The summed E-state index contributed by atoms with van der Waals surface area (Å²) in [5, 5.41) is 18.7. The van der Waals surface area contributed by atoms with Gasteiger partial charge in [0, 0.05) is 33.7 Å². The Morgan fingerprint density at radius 2 is 1.43 bits per heavy atom. The van der Waals surface area contributed by atoms with E-state index in [0.717, 1.165) is 12.1 Å². The van der Waals surface area contributed by atoms with Crippen molar-refractivity contribution in [1.29, 1.82) is 5.41 Å². The highest BCUT2D eigenvalue weighted by molar-refractivity contribution is 6.31. The number of oxime groups is 1. The number of halogens is 5. The average Bonchev–Trinajstić information content (AvgIpc) is 2.98. The van der Waals surface area contributed by atoms with Crippen LogP contribution in [0.1, 0.15) is 64.7 Å². The van der Waals surface area contributed by atoms with Crippen molar-refractivity contribution < 1.29 is 46.3 Å². The van der Waals surface area contributed by atoms with E-state index in [1.165, 1.54) is 36.4 Å². The topological polar surface area (TPSA) is 151 Å². The van der Waals surface area contributed by atoms with Crippen LogP contribution in [0.2, 0.25) is 5.02 Å². The molecule has 4 N–H and O–H groups in total. The first kappa shape index (κ1) is 40.5. The number of carbonyl (C=O) groups excluding carboxylic acids is 3. The largest absolute Gasteiger partial charge is 0.444 e. The van der Waals surface area contributed by atoms with E-state index in [0.29, 0.717) is 0 Å². The maximum atomic E-state index is 15.5. The molecule has 16 heteroatoms. The van der Waals surface area contributed by atoms with Crippen LogP contribution in [0.5, 0.6) is 0 Å². The van der Waals surface area contributed by atoms with E-state index in [2.05, 4.69) is 21.1 Å². The van der Waals surface area contributed by atoms with Gasteiger partial charge < -0.3 is 25.0 Å². The molecular weight excluding hydrogens is 698 g/mol. The number of amides is 3. The van der Waals surface area contributed by atoms with Crippen molar-refractivity contribution in [2.75, 3.05) is 13.2 Å². The summed E-state index contributed by atoms with van der Waals surface area (Å²) in [5.74, 6) is -6.27. The Hall–Kier alpha value is -4.92. The maximum Gasteiger partial charge on any atom is 0.414 e. The van der Waals surface area contributed by atoms with Crippen LogP contribution < -0.4 is 16.0 Å². The molecule has 0 aromatic heterocycles. The molecule has 0 unspecified atom stereocenters. The number of carbonyl (C=O) groups is 3. The minimum Gasteiger partial charge on any atom is -0.444 e. The highest BCUT2D eigenvalue weighted by Gasteiger charge is 2.35. The monoisotopic (exact) mass is 737 g/mol. The molecule has 11 nitrogen and oxygen atoms in total. The molecule has 3 aromatic rings.